The van der Waals surface area contributed by atoms with Crippen molar-refractivity contribution in [1.82, 2.24) is 14.9 Å². The number of hydrogen-bond acceptors (Lipinski definition) is 6. The van der Waals surface area contributed by atoms with E-state index in [1.165, 1.54) is 0 Å². The first-order chi connectivity index (χ1) is 16.5. The van der Waals surface area contributed by atoms with Gasteiger partial charge in [-0.15, -0.1) is 0 Å². The van der Waals surface area contributed by atoms with Crippen molar-refractivity contribution in [3.05, 3.63) is 57.7 Å². The molecule has 0 bridgehead atoms. The van der Waals surface area contributed by atoms with Gasteiger partial charge in [0.05, 0.1) is 23.3 Å². The zero-order chi connectivity index (χ0) is 25.2. The molecule has 0 unspecified atom stereocenters. The molecule has 35 heavy (non-hydrogen) atoms. The highest BCUT2D eigenvalue weighted by atomic mass is 19.1. The van der Waals surface area contributed by atoms with E-state index in [-0.39, 0.29) is 46.4 Å². The molecule has 1 aliphatic rings. The van der Waals surface area contributed by atoms with E-state index in [4.69, 9.17) is 15.9 Å². The molecule has 8 nitrogen and oxygen atoms in total. The number of amides is 1. The molecule has 2 heterocycles. The third-order valence-corrected chi connectivity index (χ3v) is 6.28. The first-order valence-electron chi connectivity index (χ1n) is 11.3. The second-order valence-corrected chi connectivity index (χ2v) is 9.58. The molecule has 182 valence electrons. The Morgan fingerprint density at radius 1 is 1.23 bits per heavy atom. The fourth-order valence-corrected chi connectivity index (χ4v) is 4.30. The highest BCUT2D eigenvalue weighted by molar-refractivity contribution is 6.04. The Kier molecular flexibility index (Phi) is 5.17. The van der Waals surface area contributed by atoms with Crippen LogP contribution in [-0.2, 0) is 11.3 Å². The Morgan fingerprint density at radius 2 is 1.94 bits per heavy atom. The van der Waals surface area contributed by atoms with Crippen molar-refractivity contribution in [2.75, 3.05) is 5.73 Å². The molecule has 0 saturated heterocycles. The van der Waals surface area contributed by atoms with Crippen molar-refractivity contribution in [2.45, 2.75) is 51.7 Å². The van der Waals surface area contributed by atoms with Gasteiger partial charge in [-0.05, 0) is 56.9 Å². The van der Waals surface area contributed by atoms with Gasteiger partial charge in [-0.25, -0.2) is 13.8 Å². The Labute approximate surface area is 198 Å². The predicted molar refractivity (Wildman–Crippen MR) is 129 cm³/mol. The number of nitrogens with two attached hydrogens (primary N) is 2. The van der Waals surface area contributed by atoms with Crippen LogP contribution in [0.25, 0.3) is 33.1 Å². The summed E-state index contributed by atoms with van der Waals surface area (Å²) < 4.78 is 36.5. The first-order valence-corrected chi connectivity index (χ1v) is 11.3. The topological polar surface area (TPSA) is 129 Å². The molecule has 4 aromatic rings. The van der Waals surface area contributed by atoms with Crippen molar-refractivity contribution in [2.24, 2.45) is 5.73 Å². The largest absolute Gasteiger partial charge is 0.438 e. The number of anilines is 1. The zero-order valence-corrected chi connectivity index (χ0v) is 19.5. The number of fused-ring (bicyclic) bond motifs is 3. The van der Waals surface area contributed by atoms with Gasteiger partial charge in [-0.2, -0.15) is 0 Å². The van der Waals surface area contributed by atoms with E-state index in [9.17, 15) is 18.4 Å². The summed E-state index contributed by atoms with van der Waals surface area (Å²) in [6.45, 7) is 4.88. The number of nitrogens with zero attached hydrogens (tertiary/aromatic N) is 2. The van der Waals surface area contributed by atoms with Crippen LogP contribution in [0.3, 0.4) is 0 Å². The number of pyridine rings is 1. The van der Waals surface area contributed by atoms with E-state index >= 15 is 0 Å². The van der Waals surface area contributed by atoms with Gasteiger partial charge < -0.3 is 25.8 Å². The summed E-state index contributed by atoms with van der Waals surface area (Å²) in [6.07, 6.45) is 1.64. The molecule has 5 N–H and O–H groups in total. The van der Waals surface area contributed by atoms with Gasteiger partial charge in [-0.1, -0.05) is 6.07 Å². The number of nitrogen functional groups attached to an aromatic ring is 1. The minimum atomic E-state index is -1.08. The second kappa shape index (κ2) is 7.88. The van der Waals surface area contributed by atoms with Gasteiger partial charge in [0, 0.05) is 23.1 Å². The first kappa shape index (κ1) is 23.0. The van der Waals surface area contributed by atoms with E-state index in [1.807, 2.05) is 0 Å². The van der Waals surface area contributed by atoms with E-state index in [1.54, 1.807) is 37.5 Å². The van der Waals surface area contributed by atoms with Crippen molar-refractivity contribution in [1.29, 1.82) is 0 Å². The molecule has 0 aliphatic heterocycles. The van der Waals surface area contributed by atoms with E-state index in [0.717, 1.165) is 25.0 Å². The molecule has 10 heteroatoms. The van der Waals surface area contributed by atoms with E-state index in [2.05, 4.69) is 10.3 Å². The molecular formula is C25H25F2N5O3. The fraction of sp³-hybridized carbons (Fsp3) is 0.320. The van der Waals surface area contributed by atoms with Crippen LogP contribution in [0.4, 0.5) is 14.5 Å². The van der Waals surface area contributed by atoms with Gasteiger partial charge in [0.1, 0.15) is 11.6 Å². The zero-order valence-electron chi connectivity index (χ0n) is 19.5. The minimum Gasteiger partial charge on any atom is -0.438 e. The van der Waals surface area contributed by atoms with Gasteiger partial charge in [0.15, 0.2) is 11.1 Å². The molecule has 2 aromatic carbocycles. The highest BCUT2D eigenvalue weighted by Gasteiger charge is 2.31. The maximum Gasteiger partial charge on any atom is 0.281 e. The van der Waals surface area contributed by atoms with Crippen molar-refractivity contribution < 1.29 is 18.0 Å². The molecule has 1 fully saturated rings. The van der Waals surface area contributed by atoms with Crippen LogP contribution in [0.15, 0.2) is 33.5 Å². The maximum absolute atomic E-state index is 14.8. The van der Waals surface area contributed by atoms with Crippen LogP contribution in [0.5, 0.6) is 0 Å². The van der Waals surface area contributed by atoms with Gasteiger partial charge in [-0.3, -0.25) is 9.59 Å². The molecule has 5 rings (SSSR count). The summed E-state index contributed by atoms with van der Waals surface area (Å²) in [7, 11) is 0. The highest BCUT2D eigenvalue weighted by Crippen LogP contribution is 2.41. The summed E-state index contributed by atoms with van der Waals surface area (Å²) in [5, 5.41) is 3.28. The van der Waals surface area contributed by atoms with Crippen LogP contribution in [0.2, 0.25) is 0 Å². The van der Waals surface area contributed by atoms with Gasteiger partial charge >= 0.3 is 0 Å². The van der Waals surface area contributed by atoms with Crippen LogP contribution < -0.4 is 22.3 Å². The normalized spacial score (nSPS) is 14.1. The molecule has 0 spiro atoms. The Hall–Kier alpha value is -3.79. The number of halogens is 2. The number of hydrogen-bond donors (Lipinski definition) is 3. The lowest BCUT2D eigenvalue weighted by Crippen LogP contribution is -2.48. The van der Waals surface area contributed by atoms with Crippen LogP contribution >= 0.6 is 0 Å². The average molecular weight is 482 g/mol. The summed E-state index contributed by atoms with van der Waals surface area (Å²) in [5.74, 6) is -1.61. The SMILES string of the molecule is Cc1c(-c2cc(F)c(N)cc2F)ccc2c3oc(CNC(=O)C(C)(C)N)nc3c(=O)n(C3CC3)c12. The number of carbonyl (C=O) groups excluding carboxylic acids is 1. The minimum absolute atomic E-state index is 0.0192. The molecule has 1 amide bonds. The molecule has 0 radical (unpaired) electrons. The van der Waals surface area contributed by atoms with Gasteiger partial charge in [0.25, 0.3) is 5.56 Å². The number of aryl methyl sites for hydroxylation is 1. The average Bonchev–Trinajstić information content (AvgIpc) is 3.52. The summed E-state index contributed by atoms with van der Waals surface area (Å²) >= 11 is 0. The molecule has 0 atom stereocenters. The summed E-state index contributed by atoms with van der Waals surface area (Å²) in [5.41, 5.74) is 11.7. The standard InChI is InChI=1S/C25H25F2N5O3/c1-11-13(15-8-17(27)18(28)9-16(15)26)6-7-14-21(11)32(12-4-5-12)23(33)20-22(14)35-19(31-20)10-30-24(34)25(2,3)29/h6-9,12H,4-5,10,28-29H2,1-3H3,(H,30,34). The Bertz CT molecular complexity index is 1580. The Balaban J connectivity index is 1.71. The lowest BCUT2D eigenvalue weighted by molar-refractivity contribution is -0.125. The summed E-state index contributed by atoms with van der Waals surface area (Å²) in [4.78, 5) is 30.0. The van der Waals surface area contributed by atoms with Crippen LogP contribution in [0, 0.1) is 18.6 Å². The number of nitrogens with one attached hydrogen (secondary N) is 1. The predicted octanol–water partition coefficient (Wildman–Crippen LogP) is 3.67. The van der Waals surface area contributed by atoms with Crippen molar-refractivity contribution in [3.63, 3.8) is 0 Å². The van der Waals surface area contributed by atoms with E-state index in [0.29, 0.717) is 22.0 Å². The Morgan fingerprint density at radius 3 is 2.60 bits per heavy atom. The number of carbonyl (C=O) groups is 1. The summed E-state index contributed by atoms with van der Waals surface area (Å²) in [6, 6.07) is 5.36. The second-order valence-electron chi connectivity index (χ2n) is 9.58. The third kappa shape index (κ3) is 3.83. The lowest BCUT2D eigenvalue weighted by Gasteiger charge is -2.16. The van der Waals surface area contributed by atoms with Crippen LogP contribution in [-0.4, -0.2) is 21.0 Å². The van der Waals surface area contributed by atoms with Gasteiger partial charge in [0.2, 0.25) is 11.8 Å². The quantitative estimate of drug-likeness (QED) is 0.373. The molecule has 1 saturated carbocycles. The van der Waals surface area contributed by atoms with Crippen molar-refractivity contribution >= 4 is 33.6 Å². The third-order valence-electron chi connectivity index (χ3n) is 6.28. The maximum atomic E-state index is 14.8. The number of aromatic nitrogens is 2. The van der Waals surface area contributed by atoms with Crippen LogP contribution in [0.1, 0.15) is 44.2 Å². The lowest BCUT2D eigenvalue weighted by atomic mass is 9.96. The monoisotopic (exact) mass is 481 g/mol. The molecular weight excluding hydrogens is 456 g/mol. The number of oxazole rings is 1. The fourth-order valence-electron chi connectivity index (χ4n) is 4.30. The smallest absolute Gasteiger partial charge is 0.281 e. The van der Waals surface area contributed by atoms with E-state index < -0.39 is 23.1 Å². The van der Waals surface area contributed by atoms with Crippen molar-refractivity contribution in [3.8, 4) is 11.1 Å². The molecule has 2 aromatic heterocycles. The number of rotatable bonds is 5. The number of benzene rings is 2. The molecule has 1 aliphatic carbocycles.